The first-order valence-electron chi connectivity index (χ1n) is 13.1. The first-order valence-corrected chi connectivity index (χ1v) is 13.1. The summed E-state index contributed by atoms with van der Waals surface area (Å²) in [6, 6.07) is 11.1. The lowest BCUT2D eigenvalue weighted by Crippen LogP contribution is -2.48. The Hall–Kier alpha value is -3.79. The van der Waals surface area contributed by atoms with Crippen LogP contribution < -0.4 is 16.0 Å². The van der Waals surface area contributed by atoms with Crippen LogP contribution >= 0.6 is 0 Å². The number of amides is 4. The summed E-state index contributed by atoms with van der Waals surface area (Å²) in [5, 5.41) is 7.46. The number of rotatable bonds is 9. The third kappa shape index (κ3) is 9.47. The number of nitrogens with one attached hydrogen (secondary N) is 3. The summed E-state index contributed by atoms with van der Waals surface area (Å²) in [5.41, 5.74) is 1.87. The zero-order valence-electron chi connectivity index (χ0n) is 23.1. The van der Waals surface area contributed by atoms with Gasteiger partial charge in [-0.05, 0) is 35.2 Å². The molecule has 3 rings (SSSR count). The van der Waals surface area contributed by atoms with Crippen LogP contribution in [0, 0.1) is 11.2 Å². The van der Waals surface area contributed by atoms with Crippen LogP contribution in [0.1, 0.15) is 60.4 Å². The fraction of sp³-hybridized carbons (Fsp3) is 0.448. The SMILES string of the molecule is CC(=O)NCCNC(=O)Nc1ccc(C(=O)N2CCN(Cc3cccc(C(=O)CC(C)(C)C)c3)CC2)cc1F. The highest BCUT2D eigenvalue weighted by molar-refractivity contribution is 5.97. The number of benzene rings is 2. The molecule has 1 aliphatic heterocycles. The molecule has 0 aliphatic carbocycles. The highest BCUT2D eigenvalue weighted by atomic mass is 19.1. The molecular formula is C29H38FN5O4. The monoisotopic (exact) mass is 539 g/mol. The fourth-order valence-corrected chi connectivity index (χ4v) is 4.31. The van der Waals surface area contributed by atoms with Gasteiger partial charge in [0.2, 0.25) is 5.91 Å². The van der Waals surface area contributed by atoms with Gasteiger partial charge >= 0.3 is 6.03 Å². The quantitative estimate of drug-likeness (QED) is 0.333. The van der Waals surface area contributed by atoms with E-state index < -0.39 is 11.8 Å². The molecule has 9 nitrogen and oxygen atoms in total. The minimum atomic E-state index is -0.711. The van der Waals surface area contributed by atoms with Crippen molar-refractivity contribution in [2.75, 3.05) is 44.6 Å². The van der Waals surface area contributed by atoms with Crippen LogP contribution in [0.4, 0.5) is 14.9 Å². The van der Waals surface area contributed by atoms with Gasteiger partial charge in [-0.2, -0.15) is 0 Å². The largest absolute Gasteiger partial charge is 0.355 e. The highest BCUT2D eigenvalue weighted by Gasteiger charge is 2.24. The topological polar surface area (TPSA) is 111 Å². The molecule has 39 heavy (non-hydrogen) atoms. The van der Waals surface area contributed by atoms with E-state index in [1.54, 1.807) is 4.90 Å². The Labute approximate surface area is 229 Å². The van der Waals surface area contributed by atoms with Gasteiger partial charge in [0.05, 0.1) is 5.69 Å². The number of carbonyl (C=O) groups is 4. The van der Waals surface area contributed by atoms with Gasteiger partial charge in [0.1, 0.15) is 5.82 Å². The Morgan fingerprint density at radius 1 is 0.897 bits per heavy atom. The molecule has 2 aromatic rings. The lowest BCUT2D eigenvalue weighted by Gasteiger charge is -2.35. The zero-order chi connectivity index (χ0) is 28.6. The fourth-order valence-electron chi connectivity index (χ4n) is 4.31. The van der Waals surface area contributed by atoms with E-state index in [0.717, 1.165) is 17.2 Å². The Balaban J connectivity index is 1.50. The molecule has 3 N–H and O–H groups in total. The molecule has 210 valence electrons. The van der Waals surface area contributed by atoms with Crippen LogP contribution in [0.15, 0.2) is 42.5 Å². The van der Waals surface area contributed by atoms with Crippen molar-refractivity contribution in [3.63, 3.8) is 0 Å². The van der Waals surface area contributed by atoms with E-state index in [-0.39, 0.29) is 47.4 Å². The van der Waals surface area contributed by atoms with Crippen molar-refractivity contribution in [3.8, 4) is 0 Å². The number of nitrogens with zero attached hydrogens (tertiary/aromatic N) is 2. The molecule has 0 saturated carbocycles. The second-order valence-corrected chi connectivity index (χ2v) is 11.0. The number of carbonyl (C=O) groups excluding carboxylic acids is 4. The molecule has 0 atom stereocenters. The number of halogens is 1. The van der Waals surface area contributed by atoms with E-state index in [9.17, 15) is 23.6 Å². The van der Waals surface area contributed by atoms with Gasteiger partial charge in [-0.25, -0.2) is 9.18 Å². The molecule has 1 fully saturated rings. The van der Waals surface area contributed by atoms with Crippen molar-refractivity contribution in [1.29, 1.82) is 0 Å². The maximum absolute atomic E-state index is 14.6. The number of urea groups is 1. The van der Waals surface area contributed by atoms with Crippen molar-refractivity contribution in [2.24, 2.45) is 5.41 Å². The summed E-state index contributed by atoms with van der Waals surface area (Å²) in [6.07, 6.45) is 0.488. The number of Topliss-reactive ketones (excluding diaryl/α,β-unsaturated/α-hetero) is 1. The van der Waals surface area contributed by atoms with Gasteiger partial charge < -0.3 is 20.9 Å². The average molecular weight is 540 g/mol. The van der Waals surface area contributed by atoms with E-state index in [1.807, 2.05) is 45.0 Å². The molecule has 2 aromatic carbocycles. The lowest BCUT2D eigenvalue weighted by molar-refractivity contribution is -0.118. The van der Waals surface area contributed by atoms with Crippen LogP contribution in [0.25, 0.3) is 0 Å². The number of anilines is 1. The van der Waals surface area contributed by atoms with Crippen molar-refractivity contribution in [2.45, 2.75) is 40.7 Å². The molecule has 0 spiro atoms. The highest BCUT2D eigenvalue weighted by Crippen LogP contribution is 2.23. The normalized spacial score (nSPS) is 14.0. The van der Waals surface area contributed by atoms with Crippen molar-refractivity contribution >= 4 is 29.3 Å². The number of hydrogen-bond donors (Lipinski definition) is 3. The Kier molecular flexibility index (Phi) is 10.2. The lowest BCUT2D eigenvalue weighted by atomic mass is 9.87. The summed E-state index contributed by atoms with van der Waals surface area (Å²) >= 11 is 0. The molecule has 1 saturated heterocycles. The standard InChI is InChI=1S/C29H38FN5O4/c1-20(36)31-10-11-32-28(39)33-25-9-8-23(17-24(25)30)27(38)35-14-12-34(13-15-35)19-21-6-5-7-22(16-21)26(37)18-29(2,3)4/h5-9,16-17H,10-15,18-19H2,1-4H3,(H,31,36)(H2,32,33,39). The second kappa shape index (κ2) is 13.3. The zero-order valence-corrected chi connectivity index (χ0v) is 23.1. The summed E-state index contributed by atoms with van der Waals surface area (Å²) in [5.74, 6) is -1.05. The van der Waals surface area contributed by atoms with Crippen LogP contribution in [0.5, 0.6) is 0 Å². The number of piperazine rings is 1. The molecule has 0 bridgehead atoms. The van der Waals surface area contributed by atoms with Crippen molar-refractivity contribution < 1.29 is 23.6 Å². The van der Waals surface area contributed by atoms with Crippen molar-refractivity contribution in [1.82, 2.24) is 20.4 Å². The number of hydrogen-bond acceptors (Lipinski definition) is 5. The molecular weight excluding hydrogens is 501 g/mol. The minimum absolute atomic E-state index is 0.0448. The van der Waals surface area contributed by atoms with E-state index in [2.05, 4.69) is 20.9 Å². The van der Waals surface area contributed by atoms with Gasteiger partial charge in [0.15, 0.2) is 5.78 Å². The summed E-state index contributed by atoms with van der Waals surface area (Å²) in [6.45, 7) is 11.0. The van der Waals surface area contributed by atoms with Gasteiger partial charge in [0, 0.05) is 70.3 Å². The predicted molar refractivity (Wildman–Crippen MR) is 148 cm³/mol. The third-order valence-electron chi connectivity index (χ3n) is 6.25. The van der Waals surface area contributed by atoms with Crippen molar-refractivity contribution in [3.05, 3.63) is 65.0 Å². The number of ketones is 1. The minimum Gasteiger partial charge on any atom is -0.355 e. The van der Waals surface area contributed by atoms with E-state index >= 15 is 0 Å². The summed E-state index contributed by atoms with van der Waals surface area (Å²) < 4.78 is 14.6. The van der Waals surface area contributed by atoms with E-state index in [0.29, 0.717) is 39.1 Å². The van der Waals surface area contributed by atoms with Crippen LogP contribution in [0.3, 0.4) is 0 Å². The summed E-state index contributed by atoms with van der Waals surface area (Å²) in [7, 11) is 0. The van der Waals surface area contributed by atoms with Gasteiger partial charge in [0.25, 0.3) is 5.91 Å². The second-order valence-electron chi connectivity index (χ2n) is 11.0. The Morgan fingerprint density at radius 2 is 1.59 bits per heavy atom. The van der Waals surface area contributed by atoms with Gasteiger partial charge in [-0.1, -0.05) is 39.0 Å². The van der Waals surface area contributed by atoms with Gasteiger partial charge in [-0.15, -0.1) is 0 Å². The maximum atomic E-state index is 14.6. The Bertz CT molecular complexity index is 1200. The van der Waals surface area contributed by atoms with Crippen LogP contribution in [-0.4, -0.2) is 72.7 Å². The molecule has 4 amide bonds. The average Bonchev–Trinajstić information content (AvgIpc) is 2.87. The molecule has 0 unspecified atom stereocenters. The first kappa shape index (κ1) is 29.8. The predicted octanol–water partition coefficient (Wildman–Crippen LogP) is 3.66. The van der Waals surface area contributed by atoms with Crippen LogP contribution in [-0.2, 0) is 11.3 Å². The molecule has 10 heteroatoms. The Morgan fingerprint density at radius 3 is 2.23 bits per heavy atom. The smallest absolute Gasteiger partial charge is 0.319 e. The summed E-state index contributed by atoms with van der Waals surface area (Å²) in [4.78, 5) is 52.3. The maximum Gasteiger partial charge on any atom is 0.319 e. The van der Waals surface area contributed by atoms with Crippen LogP contribution in [0.2, 0.25) is 0 Å². The molecule has 0 aromatic heterocycles. The molecule has 1 aliphatic rings. The molecule has 0 radical (unpaired) electrons. The first-order chi connectivity index (χ1) is 18.4. The third-order valence-corrected chi connectivity index (χ3v) is 6.25. The molecule has 1 heterocycles. The van der Waals surface area contributed by atoms with E-state index in [1.165, 1.54) is 19.1 Å². The van der Waals surface area contributed by atoms with E-state index in [4.69, 9.17) is 0 Å². The van der Waals surface area contributed by atoms with Gasteiger partial charge in [-0.3, -0.25) is 19.3 Å².